The lowest BCUT2D eigenvalue weighted by atomic mass is 9.93. The molecule has 1 saturated heterocycles. The van der Waals surface area contributed by atoms with Gasteiger partial charge in [-0.25, -0.2) is 14.8 Å². The standard InChI is InChI=1S/C33H45N5O/c1-8-30-29(21-26-15-13-24(6)14-16-26)32(35-25(7)34-30)37-17-10-18-38(20-19-37)33(39)36-31-27(22(2)3)11-9-12-28(31)23(4)5/h9,11-16,22-23H,8,10,17-21H2,1-7H3,(H,36,39). The molecule has 1 aromatic heterocycles. The van der Waals surface area contributed by atoms with Crippen LogP contribution in [-0.4, -0.2) is 47.1 Å². The highest BCUT2D eigenvalue weighted by molar-refractivity contribution is 5.91. The van der Waals surface area contributed by atoms with Gasteiger partial charge in [0.25, 0.3) is 0 Å². The Morgan fingerprint density at radius 3 is 2.18 bits per heavy atom. The lowest BCUT2D eigenvalue weighted by Crippen LogP contribution is -2.38. The van der Waals surface area contributed by atoms with Gasteiger partial charge in [0.2, 0.25) is 0 Å². The first-order chi connectivity index (χ1) is 18.7. The number of nitrogens with one attached hydrogen (secondary N) is 1. The summed E-state index contributed by atoms with van der Waals surface area (Å²) in [4.78, 5) is 27.7. The van der Waals surface area contributed by atoms with Crippen molar-refractivity contribution in [2.24, 2.45) is 0 Å². The predicted octanol–water partition coefficient (Wildman–Crippen LogP) is 7.24. The Bertz CT molecular complexity index is 1260. The Kier molecular flexibility index (Phi) is 9.26. The Balaban J connectivity index is 1.55. The summed E-state index contributed by atoms with van der Waals surface area (Å²) in [5, 5.41) is 3.31. The number of amides is 2. The average Bonchev–Trinajstić information content (AvgIpc) is 3.17. The number of anilines is 2. The van der Waals surface area contributed by atoms with Crippen molar-refractivity contribution in [2.75, 3.05) is 36.4 Å². The molecule has 0 radical (unpaired) electrons. The second kappa shape index (κ2) is 12.6. The highest BCUT2D eigenvalue weighted by atomic mass is 16.2. The minimum Gasteiger partial charge on any atom is -0.354 e. The lowest BCUT2D eigenvalue weighted by Gasteiger charge is -2.27. The van der Waals surface area contributed by atoms with Crippen LogP contribution in [0.1, 0.15) is 92.2 Å². The zero-order chi connectivity index (χ0) is 28.1. The van der Waals surface area contributed by atoms with Crippen molar-refractivity contribution in [3.05, 3.63) is 81.8 Å². The fourth-order valence-corrected chi connectivity index (χ4v) is 5.50. The molecule has 1 fully saturated rings. The molecule has 0 aliphatic carbocycles. The van der Waals surface area contributed by atoms with E-state index in [0.29, 0.717) is 18.4 Å². The van der Waals surface area contributed by atoms with Gasteiger partial charge in [-0.3, -0.25) is 0 Å². The summed E-state index contributed by atoms with van der Waals surface area (Å²) in [6, 6.07) is 15.1. The van der Waals surface area contributed by atoms with E-state index in [2.05, 4.69) is 94.2 Å². The summed E-state index contributed by atoms with van der Waals surface area (Å²) in [5.41, 5.74) is 8.21. The monoisotopic (exact) mass is 527 g/mol. The number of carbonyl (C=O) groups excluding carboxylic acids is 1. The van der Waals surface area contributed by atoms with Gasteiger partial charge in [-0.2, -0.15) is 0 Å². The van der Waals surface area contributed by atoms with E-state index in [1.807, 2.05) is 11.8 Å². The largest absolute Gasteiger partial charge is 0.354 e. The molecule has 0 atom stereocenters. The first-order valence-corrected chi connectivity index (χ1v) is 14.5. The smallest absolute Gasteiger partial charge is 0.321 e. The van der Waals surface area contributed by atoms with E-state index < -0.39 is 0 Å². The van der Waals surface area contributed by atoms with Crippen LogP contribution in [0, 0.1) is 13.8 Å². The van der Waals surface area contributed by atoms with Crippen molar-refractivity contribution in [1.82, 2.24) is 14.9 Å². The van der Waals surface area contributed by atoms with E-state index in [4.69, 9.17) is 9.97 Å². The second-order valence-corrected chi connectivity index (χ2v) is 11.4. The maximum atomic E-state index is 13.6. The van der Waals surface area contributed by atoms with E-state index >= 15 is 0 Å². The summed E-state index contributed by atoms with van der Waals surface area (Å²) in [5.74, 6) is 2.49. The van der Waals surface area contributed by atoms with E-state index in [1.54, 1.807) is 0 Å². The molecular weight excluding hydrogens is 482 g/mol. The van der Waals surface area contributed by atoms with Crippen LogP contribution in [0.5, 0.6) is 0 Å². The first-order valence-electron chi connectivity index (χ1n) is 14.5. The Hall–Kier alpha value is -3.41. The molecule has 1 N–H and O–H groups in total. The van der Waals surface area contributed by atoms with Crippen LogP contribution in [0.2, 0.25) is 0 Å². The van der Waals surface area contributed by atoms with Gasteiger partial charge in [0.15, 0.2) is 0 Å². The molecule has 3 aromatic rings. The fraction of sp³-hybridized carbons (Fsp3) is 0.485. The van der Waals surface area contributed by atoms with Gasteiger partial charge in [0.1, 0.15) is 11.6 Å². The molecule has 0 bridgehead atoms. The van der Waals surface area contributed by atoms with Crippen LogP contribution in [0.15, 0.2) is 42.5 Å². The van der Waals surface area contributed by atoms with Gasteiger partial charge >= 0.3 is 6.03 Å². The maximum absolute atomic E-state index is 13.6. The lowest BCUT2D eigenvalue weighted by molar-refractivity contribution is 0.215. The Morgan fingerprint density at radius 2 is 1.56 bits per heavy atom. The van der Waals surface area contributed by atoms with E-state index in [9.17, 15) is 4.79 Å². The van der Waals surface area contributed by atoms with E-state index in [0.717, 1.165) is 61.9 Å². The van der Waals surface area contributed by atoms with Gasteiger partial charge in [-0.15, -0.1) is 0 Å². The normalized spacial score (nSPS) is 14.2. The van der Waals surface area contributed by atoms with Gasteiger partial charge in [-0.1, -0.05) is 82.6 Å². The molecule has 2 amide bonds. The summed E-state index contributed by atoms with van der Waals surface area (Å²) >= 11 is 0. The third-order valence-corrected chi connectivity index (χ3v) is 7.71. The fourth-order valence-electron chi connectivity index (χ4n) is 5.50. The molecule has 0 saturated carbocycles. The number of rotatable bonds is 7. The van der Waals surface area contributed by atoms with E-state index in [1.165, 1.54) is 27.8 Å². The van der Waals surface area contributed by atoms with Crippen LogP contribution < -0.4 is 10.2 Å². The molecule has 6 heteroatoms. The van der Waals surface area contributed by atoms with Crippen LogP contribution in [0.25, 0.3) is 0 Å². The second-order valence-electron chi connectivity index (χ2n) is 11.4. The molecule has 39 heavy (non-hydrogen) atoms. The van der Waals surface area contributed by atoms with Gasteiger partial charge < -0.3 is 15.1 Å². The molecule has 2 aromatic carbocycles. The molecule has 6 nitrogen and oxygen atoms in total. The molecule has 2 heterocycles. The Morgan fingerprint density at radius 1 is 0.897 bits per heavy atom. The molecule has 4 rings (SSSR count). The van der Waals surface area contributed by atoms with E-state index in [-0.39, 0.29) is 6.03 Å². The number of hydrogen-bond donors (Lipinski definition) is 1. The zero-order valence-corrected chi connectivity index (χ0v) is 24.8. The minimum atomic E-state index is -0.0140. The average molecular weight is 528 g/mol. The number of para-hydroxylation sites is 1. The number of carbonyl (C=O) groups is 1. The van der Waals surface area contributed by atoms with Crippen molar-refractivity contribution >= 4 is 17.5 Å². The summed E-state index contributed by atoms with van der Waals surface area (Å²) in [6.07, 6.45) is 2.57. The third kappa shape index (κ3) is 6.78. The number of aryl methyl sites for hydroxylation is 3. The minimum absolute atomic E-state index is 0.0140. The number of urea groups is 1. The summed E-state index contributed by atoms with van der Waals surface area (Å²) < 4.78 is 0. The highest BCUT2D eigenvalue weighted by Crippen LogP contribution is 2.33. The third-order valence-electron chi connectivity index (χ3n) is 7.71. The van der Waals surface area contributed by atoms with Crippen molar-refractivity contribution < 1.29 is 4.79 Å². The van der Waals surface area contributed by atoms with Crippen LogP contribution in [0.3, 0.4) is 0 Å². The van der Waals surface area contributed by atoms with Crippen LogP contribution >= 0.6 is 0 Å². The number of nitrogens with zero attached hydrogens (tertiary/aromatic N) is 4. The number of benzene rings is 2. The first kappa shape index (κ1) is 28.6. The topological polar surface area (TPSA) is 61.4 Å². The van der Waals surface area contributed by atoms with Crippen LogP contribution in [0.4, 0.5) is 16.3 Å². The quantitative estimate of drug-likeness (QED) is 0.352. The SMILES string of the molecule is CCc1nc(C)nc(N2CCCN(C(=O)Nc3c(C(C)C)cccc3C(C)C)CC2)c1Cc1ccc(C)cc1. The van der Waals surface area contributed by atoms with Gasteiger partial charge in [-0.05, 0) is 55.2 Å². The van der Waals surface area contributed by atoms with Crippen molar-refractivity contribution in [1.29, 1.82) is 0 Å². The maximum Gasteiger partial charge on any atom is 0.321 e. The van der Waals surface area contributed by atoms with Crippen molar-refractivity contribution in [2.45, 2.75) is 79.6 Å². The Labute approximate surface area is 234 Å². The molecule has 1 aliphatic rings. The van der Waals surface area contributed by atoms with Crippen LogP contribution in [-0.2, 0) is 12.8 Å². The number of aromatic nitrogens is 2. The number of hydrogen-bond acceptors (Lipinski definition) is 4. The summed E-state index contributed by atoms with van der Waals surface area (Å²) in [6.45, 7) is 18.0. The van der Waals surface area contributed by atoms with Crippen molar-refractivity contribution in [3.63, 3.8) is 0 Å². The predicted molar refractivity (Wildman–Crippen MR) is 162 cm³/mol. The van der Waals surface area contributed by atoms with Gasteiger partial charge in [0.05, 0.1) is 0 Å². The molecule has 208 valence electrons. The summed E-state index contributed by atoms with van der Waals surface area (Å²) in [7, 11) is 0. The molecule has 0 spiro atoms. The van der Waals surface area contributed by atoms with Gasteiger partial charge in [0, 0.05) is 49.5 Å². The molecular formula is C33H45N5O. The molecule has 0 unspecified atom stereocenters. The zero-order valence-electron chi connectivity index (χ0n) is 24.8. The molecule has 1 aliphatic heterocycles. The van der Waals surface area contributed by atoms with Crippen molar-refractivity contribution in [3.8, 4) is 0 Å². The highest BCUT2D eigenvalue weighted by Gasteiger charge is 2.25.